The largest absolute Gasteiger partial charge is 0.354 e. The first-order valence-electron chi connectivity index (χ1n) is 7.51. The van der Waals surface area contributed by atoms with Gasteiger partial charge in [-0.05, 0) is 32.4 Å². The van der Waals surface area contributed by atoms with E-state index < -0.39 is 0 Å². The number of nitrogens with zero attached hydrogens (tertiary/aromatic N) is 3. The quantitative estimate of drug-likeness (QED) is 0.791. The Balaban J connectivity index is 2.09. The Morgan fingerprint density at radius 1 is 1.30 bits per heavy atom. The minimum absolute atomic E-state index is 0.164. The fraction of sp³-hybridized carbons (Fsp3) is 0.625. The topological polar surface area (TPSA) is 36.4 Å². The summed E-state index contributed by atoms with van der Waals surface area (Å²) in [4.78, 5) is 21.1. The van der Waals surface area contributed by atoms with E-state index in [-0.39, 0.29) is 5.78 Å². The SMILES string of the molecule is CCC(=O)c1cnc(N2CCN(C(C)C)CC2)c(C)c1. The lowest BCUT2D eigenvalue weighted by Gasteiger charge is -2.38. The Morgan fingerprint density at radius 2 is 1.95 bits per heavy atom. The second kappa shape index (κ2) is 6.35. The smallest absolute Gasteiger partial charge is 0.164 e. The third-order valence-corrected chi connectivity index (χ3v) is 4.04. The van der Waals surface area contributed by atoms with Gasteiger partial charge in [-0.3, -0.25) is 9.69 Å². The summed E-state index contributed by atoms with van der Waals surface area (Å²) in [5, 5.41) is 0. The van der Waals surface area contributed by atoms with E-state index in [2.05, 4.69) is 28.6 Å². The van der Waals surface area contributed by atoms with Crippen LogP contribution in [0.3, 0.4) is 0 Å². The third-order valence-electron chi connectivity index (χ3n) is 4.04. The van der Waals surface area contributed by atoms with Gasteiger partial charge in [0.05, 0.1) is 0 Å². The molecule has 4 heteroatoms. The first-order valence-corrected chi connectivity index (χ1v) is 7.51. The molecule has 1 aromatic rings. The highest BCUT2D eigenvalue weighted by Crippen LogP contribution is 2.20. The normalized spacial score (nSPS) is 16.8. The van der Waals surface area contributed by atoms with Crippen molar-refractivity contribution in [2.24, 2.45) is 0 Å². The zero-order chi connectivity index (χ0) is 14.7. The molecule has 1 aliphatic rings. The molecule has 1 saturated heterocycles. The summed E-state index contributed by atoms with van der Waals surface area (Å²) in [7, 11) is 0. The molecule has 20 heavy (non-hydrogen) atoms. The summed E-state index contributed by atoms with van der Waals surface area (Å²) >= 11 is 0. The van der Waals surface area contributed by atoms with Gasteiger partial charge in [0, 0.05) is 50.4 Å². The van der Waals surface area contributed by atoms with Gasteiger partial charge in [0.15, 0.2) is 5.78 Å². The second-order valence-corrected chi connectivity index (χ2v) is 5.76. The second-order valence-electron chi connectivity index (χ2n) is 5.76. The predicted octanol–water partition coefficient (Wildman–Crippen LogP) is 2.51. The van der Waals surface area contributed by atoms with E-state index in [1.165, 1.54) is 0 Å². The van der Waals surface area contributed by atoms with Crippen molar-refractivity contribution in [3.8, 4) is 0 Å². The minimum Gasteiger partial charge on any atom is -0.354 e. The average molecular weight is 275 g/mol. The molecular formula is C16H25N3O. The van der Waals surface area contributed by atoms with Crippen LogP contribution in [0.1, 0.15) is 43.1 Å². The van der Waals surface area contributed by atoms with Crippen LogP contribution in [-0.2, 0) is 0 Å². The number of aromatic nitrogens is 1. The van der Waals surface area contributed by atoms with Gasteiger partial charge in [0.25, 0.3) is 0 Å². The molecule has 4 nitrogen and oxygen atoms in total. The maximum absolute atomic E-state index is 11.7. The van der Waals surface area contributed by atoms with Crippen LogP contribution in [-0.4, -0.2) is 47.9 Å². The number of aryl methyl sites for hydroxylation is 1. The molecule has 0 radical (unpaired) electrons. The minimum atomic E-state index is 0.164. The van der Waals surface area contributed by atoms with E-state index in [1.54, 1.807) is 6.20 Å². The number of piperazine rings is 1. The highest BCUT2D eigenvalue weighted by molar-refractivity contribution is 5.96. The molecule has 2 rings (SSSR count). The molecule has 0 atom stereocenters. The molecule has 0 N–H and O–H groups in total. The lowest BCUT2D eigenvalue weighted by atomic mass is 10.1. The lowest BCUT2D eigenvalue weighted by Crippen LogP contribution is -2.49. The fourth-order valence-electron chi connectivity index (χ4n) is 2.71. The molecule has 0 spiro atoms. The van der Waals surface area contributed by atoms with Gasteiger partial charge in [-0.25, -0.2) is 4.98 Å². The maximum atomic E-state index is 11.7. The summed E-state index contributed by atoms with van der Waals surface area (Å²) in [5.74, 6) is 1.19. The van der Waals surface area contributed by atoms with Crippen LogP contribution < -0.4 is 4.90 Å². The van der Waals surface area contributed by atoms with E-state index in [4.69, 9.17) is 0 Å². The van der Waals surface area contributed by atoms with Crippen molar-refractivity contribution >= 4 is 11.6 Å². The molecule has 110 valence electrons. The fourth-order valence-corrected chi connectivity index (χ4v) is 2.71. The lowest BCUT2D eigenvalue weighted by molar-refractivity contribution is 0.0987. The van der Waals surface area contributed by atoms with Gasteiger partial charge in [0.1, 0.15) is 5.82 Å². The zero-order valence-corrected chi connectivity index (χ0v) is 13.0. The van der Waals surface area contributed by atoms with E-state index in [9.17, 15) is 4.79 Å². The van der Waals surface area contributed by atoms with E-state index in [0.717, 1.165) is 43.1 Å². The summed E-state index contributed by atoms with van der Waals surface area (Å²) in [5.41, 5.74) is 1.83. The number of hydrogen-bond acceptors (Lipinski definition) is 4. The van der Waals surface area contributed by atoms with Crippen molar-refractivity contribution in [3.05, 3.63) is 23.4 Å². The Morgan fingerprint density at radius 3 is 2.45 bits per heavy atom. The third kappa shape index (κ3) is 3.18. The highest BCUT2D eigenvalue weighted by atomic mass is 16.1. The van der Waals surface area contributed by atoms with E-state index >= 15 is 0 Å². The molecule has 1 aromatic heterocycles. The van der Waals surface area contributed by atoms with Crippen molar-refractivity contribution in [1.82, 2.24) is 9.88 Å². The summed E-state index contributed by atoms with van der Waals surface area (Å²) < 4.78 is 0. The number of hydrogen-bond donors (Lipinski definition) is 0. The van der Waals surface area contributed by atoms with Gasteiger partial charge in [-0.1, -0.05) is 6.92 Å². The predicted molar refractivity (Wildman–Crippen MR) is 82.5 cm³/mol. The van der Waals surface area contributed by atoms with Crippen molar-refractivity contribution in [2.45, 2.75) is 40.2 Å². The standard InChI is InChI=1S/C16H25N3O/c1-5-15(20)14-10-13(4)16(17-11-14)19-8-6-18(7-9-19)12(2)3/h10-12H,5-9H2,1-4H3. The molecule has 1 aliphatic heterocycles. The van der Waals surface area contributed by atoms with Gasteiger partial charge in [-0.2, -0.15) is 0 Å². The molecule has 2 heterocycles. The first kappa shape index (κ1) is 15.0. The van der Waals surface area contributed by atoms with Crippen molar-refractivity contribution in [3.63, 3.8) is 0 Å². The van der Waals surface area contributed by atoms with Crippen molar-refractivity contribution in [2.75, 3.05) is 31.1 Å². The molecule has 1 fully saturated rings. The molecule has 0 bridgehead atoms. The molecule has 0 aromatic carbocycles. The van der Waals surface area contributed by atoms with Crippen LogP contribution in [0.25, 0.3) is 0 Å². The Bertz CT molecular complexity index is 477. The van der Waals surface area contributed by atoms with Crippen LogP contribution in [0.4, 0.5) is 5.82 Å². The van der Waals surface area contributed by atoms with Crippen LogP contribution in [0, 0.1) is 6.92 Å². The maximum Gasteiger partial charge on any atom is 0.164 e. The average Bonchev–Trinajstić information content (AvgIpc) is 2.46. The van der Waals surface area contributed by atoms with Crippen LogP contribution in [0.5, 0.6) is 0 Å². The van der Waals surface area contributed by atoms with Crippen LogP contribution in [0.15, 0.2) is 12.3 Å². The van der Waals surface area contributed by atoms with E-state index in [0.29, 0.717) is 12.5 Å². The van der Waals surface area contributed by atoms with Crippen molar-refractivity contribution in [1.29, 1.82) is 0 Å². The van der Waals surface area contributed by atoms with Gasteiger partial charge in [0.2, 0.25) is 0 Å². The highest BCUT2D eigenvalue weighted by Gasteiger charge is 2.21. The molecule has 0 unspecified atom stereocenters. The number of pyridine rings is 1. The number of Topliss-reactive ketones (excluding diaryl/α,β-unsaturated/α-hetero) is 1. The summed E-state index contributed by atoms with van der Waals surface area (Å²) in [6.45, 7) is 12.6. The van der Waals surface area contributed by atoms with Crippen LogP contribution >= 0.6 is 0 Å². The van der Waals surface area contributed by atoms with Gasteiger partial charge < -0.3 is 4.90 Å². The Labute approximate surface area is 121 Å². The number of ketones is 1. The number of carbonyl (C=O) groups excluding carboxylic acids is 1. The Kier molecular flexibility index (Phi) is 4.76. The monoisotopic (exact) mass is 275 g/mol. The van der Waals surface area contributed by atoms with Crippen LogP contribution in [0.2, 0.25) is 0 Å². The summed E-state index contributed by atoms with van der Waals surface area (Å²) in [6.07, 6.45) is 2.26. The van der Waals surface area contributed by atoms with Gasteiger partial charge in [-0.15, -0.1) is 0 Å². The van der Waals surface area contributed by atoms with Gasteiger partial charge >= 0.3 is 0 Å². The molecular weight excluding hydrogens is 250 g/mol. The first-order chi connectivity index (χ1) is 9.52. The van der Waals surface area contributed by atoms with Crippen molar-refractivity contribution < 1.29 is 4.79 Å². The van der Waals surface area contributed by atoms with E-state index in [1.807, 2.05) is 19.9 Å². The Hall–Kier alpha value is -1.42. The zero-order valence-electron chi connectivity index (χ0n) is 13.0. The molecule has 0 amide bonds. The molecule has 0 aliphatic carbocycles. The molecule has 0 saturated carbocycles. The number of carbonyl (C=O) groups is 1. The number of anilines is 1. The number of rotatable bonds is 4. The summed E-state index contributed by atoms with van der Waals surface area (Å²) in [6, 6.07) is 2.58.